The highest BCUT2D eigenvalue weighted by Crippen LogP contribution is 2.32. The second kappa shape index (κ2) is 6.31. The quantitative estimate of drug-likeness (QED) is 0.594. The van der Waals surface area contributed by atoms with Crippen LogP contribution in [0.15, 0.2) is 29.2 Å². The van der Waals surface area contributed by atoms with Crippen LogP contribution >= 0.6 is 0 Å². The molecule has 1 aromatic rings. The Morgan fingerprint density at radius 3 is 2.42 bits per heavy atom. The van der Waals surface area contributed by atoms with Crippen molar-refractivity contribution in [3.8, 4) is 0 Å². The van der Waals surface area contributed by atoms with Crippen LogP contribution in [0.2, 0.25) is 0 Å². The van der Waals surface area contributed by atoms with Gasteiger partial charge >= 0.3 is 5.51 Å². The lowest BCUT2D eigenvalue weighted by Crippen LogP contribution is -2.42. The summed E-state index contributed by atoms with van der Waals surface area (Å²) in [6.45, 7) is 0. The number of carbonyl (C=O) groups is 1. The molecule has 4 atom stereocenters. The Morgan fingerprint density at radius 2 is 1.92 bits per heavy atom. The first kappa shape index (κ1) is 18.6. The number of rotatable bonds is 3. The van der Waals surface area contributed by atoms with E-state index < -0.39 is 50.3 Å². The number of aliphatic hydroxyl groups is 2. The lowest BCUT2D eigenvalue weighted by atomic mass is 10.0. The van der Waals surface area contributed by atoms with Gasteiger partial charge in [0.2, 0.25) is 5.91 Å². The van der Waals surface area contributed by atoms with Crippen LogP contribution in [0, 0.1) is 5.92 Å². The Morgan fingerprint density at radius 1 is 1.29 bits per heavy atom. The van der Waals surface area contributed by atoms with E-state index in [4.69, 9.17) is 5.73 Å². The molecule has 0 heterocycles. The fourth-order valence-electron chi connectivity index (χ4n) is 2.44. The summed E-state index contributed by atoms with van der Waals surface area (Å²) in [6, 6.07) is 2.65. The van der Waals surface area contributed by atoms with Crippen LogP contribution in [0.3, 0.4) is 0 Å². The molecule has 11 heteroatoms. The maximum atomic E-state index is 12.5. The molecule has 7 nitrogen and oxygen atoms in total. The fourth-order valence-corrected chi connectivity index (χ4v) is 3.25. The molecular formula is C13H15F3N2O5S. The number of aliphatic hydroxyl groups excluding tert-OH is 2. The first-order chi connectivity index (χ1) is 10.9. The monoisotopic (exact) mass is 368 g/mol. The van der Waals surface area contributed by atoms with Gasteiger partial charge in [0, 0.05) is 11.7 Å². The van der Waals surface area contributed by atoms with Crippen LogP contribution in [0.1, 0.15) is 6.42 Å². The molecule has 1 fully saturated rings. The van der Waals surface area contributed by atoms with E-state index >= 15 is 0 Å². The number of amides is 1. The van der Waals surface area contributed by atoms with Gasteiger partial charge in [-0.15, -0.1) is 0 Å². The van der Waals surface area contributed by atoms with Gasteiger partial charge in [-0.2, -0.15) is 13.2 Å². The molecule has 134 valence electrons. The van der Waals surface area contributed by atoms with E-state index in [1.165, 1.54) is 6.07 Å². The highest BCUT2D eigenvalue weighted by atomic mass is 32.2. The van der Waals surface area contributed by atoms with Crippen molar-refractivity contribution in [1.29, 1.82) is 0 Å². The van der Waals surface area contributed by atoms with Crippen LogP contribution < -0.4 is 11.1 Å². The second-order valence-corrected chi connectivity index (χ2v) is 7.38. The van der Waals surface area contributed by atoms with E-state index in [1.807, 2.05) is 0 Å². The fraction of sp³-hybridized carbons (Fsp3) is 0.462. The van der Waals surface area contributed by atoms with Gasteiger partial charge in [0.05, 0.1) is 23.0 Å². The van der Waals surface area contributed by atoms with Gasteiger partial charge in [-0.05, 0) is 24.6 Å². The van der Waals surface area contributed by atoms with Crippen molar-refractivity contribution in [2.45, 2.75) is 35.1 Å². The summed E-state index contributed by atoms with van der Waals surface area (Å²) in [4.78, 5) is 11.1. The molecule has 0 saturated heterocycles. The number of anilines is 1. The van der Waals surface area contributed by atoms with Crippen molar-refractivity contribution in [3.05, 3.63) is 24.3 Å². The van der Waals surface area contributed by atoms with Crippen molar-refractivity contribution in [1.82, 2.24) is 0 Å². The first-order valence-corrected chi connectivity index (χ1v) is 8.27. The van der Waals surface area contributed by atoms with Gasteiger partial charge in [-0.3, -0.25) is 4.79 Å². The third kappa shape index (κ3) is 3.38. The number of carbonyl (C=O) groups excluding carboxylic acids is 1. The van der Waals surface area contributed by atoms with Crippen LogP contribution in [0.5, 0.6) is 0 Å². The molecule has 1 aliphatic carbocycles. The average molecular weight is 368 g/mol. The molecule has 1 saturated carbocycles. The number of hydrogen-bond donors (Lipinski definition) is 4. The Bertz CT molecular complexity index is 737. The summed E-state index contributed by atoms with van der Waals surface area (Å²) in [6.07, 6.45) is -2.60. The zero-order chi connectivity index (χ0) is 18.3. The van der Waals surface area contributed by atoms with Crippen molar-refractivity contribution in [3.63, 3.8) is 0 Å². The zero-order valence-electron chi connectivity index (χ0n) is 12.1. The molecule has 1 aromatic carbocycles. The first-order valence-electron chi connectivity index (χ1n) is 6.79. The Hall–Kier alpha value is -1.69. The van der Waals surface area contributed by atoms with Crippen molar-refractivity contribution < 1.29 is 36.6 Å². The topological polar surface area (TPSA) is 130 Å². The molecule has 2 rings (SSSR count). The molecule has 5 N–H and O–H groups in total. The largest absolute Gasteiger partial charge is 0.501 e. The van der Waals surface area contributed by atoms with Gasteiger partial charge in [-0.25, -0.2) is 8.42 Å². The van der Waals surface area contributed by atoms with E-state index in [0.717, 1.165) is 12.1 Å². The summed E-state index contributed by atoms with van der Waals surface area (Å²) in [7, 11) is -5.54. The maximum Gasteiger partial charge on any atom is 0.501 e. The number of alkyl halides is 3. The number of halogens is 3. The van der Waals surface area contributed by atoms with E-state index in [2.05, 4.69) is 5.32 Å². The Kier molecular flexibility index (Phi) is 4.91. The van der Waals surface area contributed by atoms with Crippen LogP contribution in [-0.2, 0) is 14.6 Å². The van der Waals surface area contributed by atoms with E-state index in [-0.39, 0.29) is 12.1 Å². The highest BCUT2D eigenvalue weighted by molar-refractivity contribution is 7.92. The van der Waals surface area contributed by atoms with Gasteiger partial charge in [0.1, 0.15) is 0 Å². The van der Waals surface area contributed by atoms with E-state index in [1.54, 1.807) is 0 Å². The molecule has 3 unspecified atom stereocenters. The van der Waals surface area contributed by atoms with Gasteiger partial charge in [0.15, 0.2) is 0 Å². The SMILES string of the molecule is NC1C(O)C(O)C[C@H]1C(=O)Nc1cccc(S(=O)(=O)C(F)(F)F)c1. The number of sulfone groups is 1. The third-order valence-corrected chi connectivity index (χ3v) is 5.29. The molecule has 0 aliphatic heterocycles. The lowest BCUT2D eigenvalue weighted by Gasteiger charge is -2.17. The van der Waals surface area contributed by atoms with Crippen molar-refractivity contribution >= 4 is 21.4 Å². The minimum atomic E-state index is -5.54. The molecule has 0 spiro atoms. The average Bonchev–Trinajstić information content (AvgIpc) is 2.74. The van der Waals surface area contributed by atoms with Gasteiger partial charge in [-0.1, -0.05) is 6.07 Å². The molecule has 1 amide bonds. The van der Waals surface area contributed by atoms with Gasteiger partial charge < -0.3 is 21.3 Å². The van der Waals surface area contributed by atoms with Gasteiger partial charge in [0.25, 0.3) is 9.84 Å². The molecule has 0 radical (unpaired) electrons. The minimum absolute atomic E-state index is 0.116. The molecule has 0 bridgehead atoms. The summed E-state index contributed by atoms with van der Waals surface area (Å²) >= 11 is 0. The maximum absolute atomic E-state index is 12.5. The summed E-state index contributed by atoms with van der Waals surface area (Å²) < 4.78 is 60.4. The molecule has 1 aliphatic rings. The summed E-state index contributed by atoms with van der Waals surface area (Å²) in [5.41, 5.74) is -0.0252. The zero-order valence-corrected chi connectivity index (χ0v) is 12.9. The predicted molar refractivity (Wildman–Crippen MR) is 76.4 cm³/mol. The van der Waals surface area contributed by atoms with E-state index in [9.17, 15) is 36.6 Å². The minimum Gasteiger partial charge on any atom is -0.390 e. The number of benzene rings is 1. The predicted octanol–water partition coefficient (Wildman–Crippen LogP) is -0.0124. The smallest absolute Gasteiger partial charge is 0.390 e. The van der Waals surface area contributed by atoms with Crippen LogP contribution in [0.4, 0.5) is 18.9 Å². The highest BCUT2D eigenvalue weighted by Gasteiger charge is 2.47. The number of nitrogens with one attached hydrogen (secondary N) is 1. The molecular weight excluding hydrogens is 353 g/mol. The molecule has 0 aromatic heterocycles. The summed E-state index contributed by atoms with van der Waals surface area (Å²) in [5.74, 6) is -1.70. The normalized spacial score (nSPS) is 27.9. The standard InChI is InChI=1S/C13H15F3N2O5S/c14-13(15,16)24(22,23)7-3-1-2-6(4-7)18-12(21)8-5-9(19)11(20)10(8)17/h1-4,8-11,19-20H,5,17H2,(H,18,21)/t8-,9?,10?,11?/m1/s1. The van der Waals surface area contributed by atoms with Crippen LogP contribution in [-0.4, -0.2) is 48.3 Å². The third-order valence-electron chi connectivity index (χ3n) is 3.80. The summed E-state index contributed by atoms with van der Waals surface area (Å²) in [5, 5.41) is 21.3. The number of hydrogen-bond acceptors (Lipinski definition) is 6. The Labute approximate surface area is 135 Å². The molecule has 24 heavy (non-hydrogen) atoms. The van der Waals surface area contributed by atoms with Crippen LogP contribution in [0.25, 0.3) is 0 Å². The second-order valence-electron chi connectivity index (χ2n) is 5.44. The van der Waals surface area contributed by atoms with E-state index in [0.29, 0.717) is 6.07 Å². The lowest BCUT2D eigenvalue weighted by molar-refractivity contribution is -0.120. The van der Waals surface area contributed by atoms with Crippen molar-refractivity contribution in [2.24, 2.45) is 11.7 Å². The Balaban J connectivity index is 2.21. The van der Waals surface area contributed by atoms with Crippen molar-refractivity contribution in [2.75, 3.05) is 5.32 Å². The number of nitrogens with two attached hydrogens (primary N) is 1.